The lowest BCUT2D eigenvalue weighted by Crippen LogP contribution is -2.18. The maximum atomic E-state index is 10.6. The van der Waals surface area contributed by atoms with Crippen LogP contribution in [-0.4, -0.2) is 21.0 Å². The van der Waals surface area contributed by atoms with Gasteiger partial charge in [-0.15, -0.1) is 0 Å². The van der Waals surface area contributed by atoms with E-state index < -0.39 is 5.97 Å². The molecule has 0 amide bonds. The molecule has 2 rings (SSSR count). The third kappa shape index (κ3) is 3.81. The molecule has 4 heteroatoms. The number of aliphatic carboxylic acids is 1. The molecule has 1 aliphatic carbocycles. The Bertz CT molecular complexity index is 753. The first-order valence-electron chi connectivity index (χ1n) is 8.17. The minimum absolute atomic E-state index is 0.0266. The molecule has 128 valence electrons. The molecule has 0 bridgehead atoms. The molecule has 1 aromatic heterocycles. The first kappa shape index (κ1) is 18.1. The van der Waals surface area contributed by atoms with Crippen molar-refractivity contribution in [2.24, 2.45) is 0 Å². The Morgan fingerprint density at radius 1 is 1.17 bits per heavy atom. The van der Waals surface area contributed by atoms with Gasteiger partial charge in [-0.05, 0) is 31.4 Å². The fraction of sp³-hybridized carbons (Fsp3) is 0.450. The van der Waals surface area contributed by atoms with E-state index >= 15 is 0 Å². The smallest absolute Gasteiger partial charge is 0.328 e. The number of carboxylic acids is 1. The molecular weight excluding hydrogens is 300 g/mol. The summed E-state index contributed by atoms with van der Waals surface area (Å²) in [6, 6.07) is 0. The Morgan fingerprint density at radius 3 is 2.42 bits per heavy atom. The zero-order chi connectivity index (χ0) is 18.1. The molecule has 4 nitrogen and oxygen atoms in total. The molecule has 24 heavy (non-hydrogen) atoms. The van der Waals surface area contributed by atoms with Crippen LogP contribution in [0.2, 0.25) is 0 Å². The molecule has 0 spiro atoms. The van der Waals surface area contributed by atoms with E-state index in [0.717, 1.165) is 29.1 Å². The van der Waals surface area contributed by atoms with Gasteiger partial charge in [0.2, 0.25) is 0 Å². The molecule has 1 aliphatic rings. The van der Waals surface area contributed by atoms with Crippen LogP contribution in [-0.2, 0) is 15.6 Å². The zero-order valence-corrected chi connectivity index (χ0v) is 15.3. The Kier molecular flexibility index (Phi) is 4.79. The fourth-order valence-corrected chi connectivity index (χ4v) is 3.49. The first-order valence-corrected chi connectivity index (χ1v) is 8.17. The molecule has 1 aromatic rings. The number of hydrogen-bond donors (Lipinski definition) is 1. The molecule has 1 N–H and O–H groups in total. The van der Waals surface area contributed by atoms with Crippen LogP contribution in [0.3, 0.4) is 0 Å². The van der Waals surface area contributed by atoms with E-state index in [-0.39, 0.29) is 10.8 Å². The van der Waals surface area contributed by atoms with Gasteiger partial charge in [-0.2, -0.15) is 0 Å². The van der Waals surface area contributed by atoms with Crippen molar-refractivity contribution in [1.82, 2.24) is 9.97 Å². The van der Waals surface area contributed by atoms with Crippen LogP contribution < -0.4 is 0 Å². The molecule has 0 unspecified atom stereocenters. The van der Waals surface area contributed by atoms with Crippen LogP contribution in [0.5, 0.6) is 0 Å². The van der Waals surface area contributed by atoms with Crippen molar-refractivity contribution in [3.8, 4) is 0 Å². The SMILES string of the molecule is CC(C=CC=C(C)c1cnc2c(n1)C(C)(C)CC2(C)C)=CC(=O)O. The zero-order valence-electron chi connectivity index (χ0n) is 15.3. The van der Waals surface area contributed by atoms with Gasteiger partial charge in [0.1, 0.15) is 0 Å². The second-order valence-electron chi connectivity index (χ2n) is 7.83. The number of aromatic nitrogens is 2. The van der Waals surface area contributed by atoms with Gasteiger partial charge in [-0.3, -0.25) is 4.98 Å². The Morgan fingerprint density at radius 2 is 1.79 bits per heavy atom. The van der Waals surface area contributed by atoms with E-state index in [0.29, 0.717) is 5.57 Å². The summed E-state index contributed by atoms with van der Waals surface area (Å²) in [5.74, 6) is -0.938. The third-order valence-electron chi connectivity index (χ3n) is 4.40. The lowest BCUT2D eigenvalue weighted by molar-refractivity contribution is -0.131. The van der Waals surface area contributed by atoms with E-state index in [4.69, 9.17) is 15.1 Å². The molecule has 0 saturated heterocycles. The van der Waals surface area contributed by atoms with E-state index in [1.54, 1.807) is 13.0 Å². The number of hydrogen-bond acceptors (Lipinski definition) is 3. The first-order chi connectivity index (χ1) is 11.0. The quantitative estimate of drug-likeness (QED) is 0.657. The van der Waals surface area contributed by atoms with Gasteiger partial charge in [0.15, 0.2) is 0 Å². The number of carboxylic acid groups (broad SMARTS) is 1. The van der Waals surface area contributed by atoms with Crippen molar-refractivity contribution in [3.05, 3.63) is 53.2 Å². The normalized spacial score (nSPS) is 19.6. The van der Waals surface area contributed by atoms with E-state index in [1.165, 1.54) is 6.08 Å². The van der Waals surface area contributed by atoms with Crippen LogP contribution >= 0.6 is 0 Å². The highest BCUT2D eigenvalue weighted by Gasteiger charge is 2.44. The Balaban J connectivity index is 2.30. The molecule has 0 fully saturated rings. The van der Waals surface area contributed by atoms with E-state index in [2.05, 4.69) is 27.7 Å². The molecule has 0 radical (unpaired) electrons. The second kappa shape index (κ2) is 6.34. The maximum absolute atomic E-state index is 10.6. The van der Waals surface area contributed by atoms with Crippen LogP contribution in [0, 0.1) is 0 Å². The number of allylic oxidation sites excluding steroid dienone is 5. The van der Waals surface area contributed by atoms with Crippen molar-refractivity contribution >= 4 is 11.5 Å². The number of carbonyl (C=O) groups is 1. The number of nitrogens with zero attached hydrogens (tertiary/aromatic N) is 2. The third-order valence-corrected chi connectivity index (χ3v) is 4.40. The molecule has 1 heterocycles. The van der Waals surface area contributed by atoms with Gasteiger partial charge in [0.05, 0.1) is 23.3 Å². The van der Waals surface area contributed by atoms with Crippen LogP contribution in [0.25, 0.3) is 5.57 Å². The van der Waals surface area contributed by atoms with Gasteiger partial charge < -0.3 is 5.11 Å². The summed E-state index contributed by atoms with van der Waals surface area (Å²) in [4.78, 5) is 20.2. The maximum Gasteiger partial charge on any atom is 0.328 e. The predicted molar refractivity (Wildman–Crippen MR) is 96.9 cm³/mol. The lowest BCUT2D eigenvalue weighted by atomic mass is 9.83. The van der Waals surface area contributed by atoms with Crippen LogP contribution in [0.1, 0.15) is 65.0 Å². The van der Waals surface area contributed by atoms with Crippen molar-refractivity contribution in [2.75, 3.05) is 0 Å². The number of fused-ring (bicyclic) bond motifs is 1. The minimum atomic E-state index is -0.938. The summed E-state index contributed by atoms with van der Waals surface area (Å²) in [5, 5.41) is 8.71. The summed E-state index contributed by atoms with van der Waals surface area (Å²) in [5.41, 5.74) is 4.83. The monoisotopic (exact) mass is 326 g/mol. The molecule has 0 saturated carbocycles. The fourth-order valence-electron chi connectivity index (χ4n) is 3.49. The predicted octanol–water partition coefficient (Wildman–Crippen LogP) is 4.43. The van der Waals surface area contributed by atoms with Crippen LogP contribution in [0.15, 0.2) is 36.1 Å². The van der Waals surface area contributed by atoms with Crippen molar-refractivity contribution in [2.45, 2.75) is 58.8 Å². The second-order valence-corrected chi connectivity index (χ2v) is 7.83. The largest absolute Gasteiger partial charge is 0.478 e. The summed E-state index contributed by atoms with van der Waals surface area (Å²) in [6.07, 6.45) is 9.60. The van der Waals surface area contributed by atoms with Crippen LogP contribution in [0.4, 0.5) is 0 Å². The van der Waals surface area contributed by atoms with Gasteiger partial charge in [-0.25, -0.2) is 9.78 Å². The Labute approximate surface area is 144 Å². The van der Waals surface area contributed by atoms with Gasteiger partial charge in [0, 0.05) is 16.9 Å². The standard InChI is InChI=1S/C20H26N2O2/c1-13(10-16(23)24)8-7-9-14(2)15-11-21-17-18(22-15)20(5,6)12-19(17,3)4/h7-11H,12H2,1-6H3,(H,23,24). The number of rotatable bonds is 4. The molecular formula is C20H26N2O2. The van der Waals surface area contributed by atoms with E-state index in [9.17, 15) is 4.79 Å². The summed E-state index contributed by atoms with van der Waals surface area (Å²) in [6.45, 7) is 12.6. The van der Waals surface area contributed by atoms with Gasteiger partial charge >= 0.3 is 5.97 Å². The van der Waals surface area contributed by atoms with Crippen molar-refractivity contribution in [1.29, 1.82) is 0 Å². The highest BCUT2D eigenvalue weighted by Crippen LogP contribution is 2.47. The van der Waals surface area contributed by atoms with Gasteiger partial charge in [0.25, 0.3) is 0 Å². The summed E-state index contributed by atoms with van der Waals surface area (Å²) >= 11 is 0. The van der Waals surface area contributed by atoms with Crippen molar-refractivity contribution in [3.63, 3.8) is 0 Å². The Hall–Kier alpha value is -2.23. The lowest BCUT2D eigenvalue weighted by Gasteiger charge is -2.21. The highest BCUT2D eigenvalue weighted by molar-refractivity contribution is 5.81. The highest BCUT2D eigenvalue weighted by atomic mass is 16.4. The average Bonchev–Trinajstić information content (AvgIpc) is 2.62. The molecule has 0 aromatic carbocycles. The average molecular weight is 326 g/mol. The summed E-state index contributed by atoms with van der Waals surface area (Å²) < 4.78 is 0. The van der Waals surface area contributed by atoms with E-state index in [1.807, 2.05) is 25.3 Å². The van der Waals surface area contributed by atoms with Crippen molar-refractivity contribution < 1.29 is 9.90 Å². The van der Waals surface area contributed by atoms with Gasteiger partial charge in [-0.1, -0.05) is 45.9 Å². The summed E-state index contributed by atoms with van der Waals surface area (Å²) in [7, 11) is 0. The minimum Gasteiger partial charge on any atom is -0.478 e. The topological polar surface area (TPSA) is 63.1 Å². The molecule has 0 atom stereocenters. The molecule has 0 aliphatic heterocycles.